The van der Waals surface area contributed by atoms with Crippen LogP contribution in [0.3, 0.4) is 0 Å². The highest BCUT2D eigenvalue weighted by atomic mass is 32.2. The van der Waals surface area contributed by atoms with Crippen molar-refractivity contribution < 1.29 is 26.8 Å². The highest BCUT2D eigenvalue weighted by Gasteiger charge is 2.27. The number of rotatable bonds is 10. The Morgan fingerprint density at radius 1 is 1.03 bits per heavy atom. The molecule has 0 bridgehead atoms. The summed E-state index contributed by atoms with van der Waals surface area (Å²) in [4.78, 5) is 2.39. The maximum atomic E-state index is 12.3. The first kappa shape index (κ1) is 21.4. The Hall–Kier alpha value is -2.29. The van der Waals surface area contributed by atoms with Crippen LogP contribution in [0.1, 0.15) is 12.8 Å². The summed E-state index contributed by atoms with van der Waals surface area (Å²) in [5.41, 5.74) is 0. The molecule has 0 saturated carbocycles. The third-order valence-corrected chi connectivity index (χ3v) is 6.24. The molecule has 1 heterocycles. The van der Waals surface area contributed by atoms with E-state index in [1.807, 2.05) is 6.07 Å². The Morgan fingerprint density at radius 2 is 1.79 bits per heavy atom. The molecule has 1 saturated heterocycles. The zero-order valence-electron chi connectivity index (χ0n) is 16.7. The van der Waals surface area contributed by atoms with Gasteiger partial charge in [0.1, 0.15) is 12.4 Å². The minimum Gasteiger partial charge on any atom is -0.493 e. The van der Waals surface area contributed by atoms with E-state index in [9.17, 15) is 8.42 Å². The first-order valence-corrected chi connectivity index (χ1v) is 11.0. The second-order valence-corrected chi connectivity index (χ2v) is 8.36. The first-order valence-electron chi connectivity index (χ1n) is 9.57. The molecule has 3 rings (SSSR count). The lowest BCUT2D eigenvalue weighted by molar-refractivity contribution is 0.152. The number of hydrogen-bond donors (Lipinski definition) is 0. The molecule has 0 amide bonds. The van der Waals surface area contributed by atoms with Crippen molar-refractivity contribution in [1.29, 1.82) is 0 Å². The molecule has 1 fully saturated rings. The van der Waals surface area contributed by atoms with Gasteiger partial charge in [-0.15, -0.1) is 0 Å². The standard InChI is InChI=1S/C21H27NO6S/c1-25-20-11-10-18(15-21(20)26-2)27-14-13-22-12-6-7-17(22)16-28-29(23,24)19-8-4-3-5-9-19/h3-5,8-11,15,17H,6-7,12-14,16H2,1-2H3. The van der Waals surface area contributed by atoms with Gasteiger partial charge in [0.05, 0.1) is 25.7 Å². The fourth-order valence-electron chi connectivity index (χ4n) is 3.39. The van der Waals surface area contributed by atoms with E-state index in [0.29, 0.717) is 30.4 Å². The smallest absolute Gasteiger partial charge is 0.297 e. The summed E-state index contributed by atoms with van der Waals surface area (Å²) >= 11 is 0. The molecule has 0 spiro atoms. The zero-order valence-corrected chi connectivity index (χ0v) is 17.6. The van der Waals surface area contributed by atoms with E-state index >= 15 is 0 Å². The molecule has 158 valence electrons. The first-order chi connectivity index (χ1) is 14.0. The predicted molar refractivity (Wildman–Crippen MR) is 109 cm³/mol. The Balaban J connectivity index is 1.50. The lowest BCUT2D eigenvalue weighted by Gasteiger charge is -2.24. The van der Waals surface area contributed by atoms with Crippen molar-refractivity contribution in [2.75, 3.05) is 40.5 Å². The van der Waals surface area contributed by atoms with E-state index in [0.717, 1.165) is 19.4 Å². The maximum absolute atomic E-state index is 12.3. The molecule has 2 aromatic carbocycles. The quantitative estimate of drug-likeness (QED) is 0.546. The summed E-state index contributed by atoms with van der Waals surface area (Å²) < 4.78 is 46.3. The summed E-state index contributed by atoms with van der Waals surface area (Å²) in [7, 11) is -0.560. The van der Waals surface area contributed by atoms with Gasteiger partial charge in [0, 0.05) is 18.7 Å². The number of nitrogens with zero attached hydrogens (tertiary/aromatic N) is 1. The van der Waals surface area contributed by atoms with Gasteiger partial charge in [-0.25, -0.2) is 0 Å². The molecule has 1 atom stereocenters. The van der Waals surface area contributed by atoms with Crippen LogP contribution in [-0.2, 0) is 14.3 Å². The summed E-state index contributed by atoms with van der Waals surface area (Å²) in [6.45, 7) is 2.22. The van der Waals surface area contributed by atoms with Crippen LogP contribution in [0.15, 0.2) is 53.4 Å². The molecular weight excluding hydrogens is 394 g/mol. The molecule has 1 unspecified atom stereocenters. The molecule has 0 N–H and O–H groups in total. The van der Waals surface area contributed by atoms with Gasteiger partial charge in [-0.3, -0.25) is 9.08 Å². The lowest BCUT2D eigenvalue weighted by atomic mass is 10.2. The van der Waals surface area contributed by atoms with E-state index in [-0.39, 0.29) is 17.5 Å². The average Bonchev–Trinajstić information content (AvgIpc) is 3.20. The lowest BCUT2D eigenvalue weighted by Crippen LogP contribution is -2.36. The minimum atomic E-state index is -3.73. The molecule has 29 heavy (non-hydrogen) atoms. The fourth-order valence-corrected chi connectivity index (χ4v) is 4.35. The van der Waals surface area contributed by atoms with E-state index in [4.69, 9.17) is 18.4 Å². The predicted octanol–water partition coefficient (Wildman–Crippen LogP) is 2.95. The van der Waals surface area contributed by atoms with Gasteiger partial charge in [-0.2, -0.15) is 8.42 Å². The van der Waals surface area contributed by atoms with Crippen LogP contribution < -0.4 is 14.2 Å². The zero-order chi connectivity index (χ0) is 20.7. The third kappa shape index (κ3) is 5.62. The maximum Gasteiger partial charge on any atom is 0.297 e. The van der Waals surface area contributed by atoms with E-state index in [2.05, 4.69) is 4.90 Å². The summed E-state index contributed by atoms with van der Waals surface area (Å²) in [6.07, 6.45) is 1.91. The van der Waals surface area contributed by atoms with Crippen molar-refractivity contribution in [2.24, 2.45) is 0 Å². The van der Waals surface area contributed by atoms with Gasteiger partial charge in [-0.05, 0) is 43.7 Å². The molecule has 0 aromatic heterocycles. The van der Waals surface area contributed by atoms with Crippen LogP contribution in [0, 0.1) is 0 Å². The largest absolute Gasteiger partial charge is 0.493 e. The molecule has 1 aliphatic rings. The Morgan fingerprint density at radius 3 is 2.52 bits per heavy atom. The molecule has 2 aromatic rings. The van der Waals surface area contributed by atoms with Gasteiger partial charge in [0.2, 0.25) is 0 Å². The van der Waals surface area contributed by atoms with Crippen molar-refractivity contribution in [1.82, 2.24) is 4.90 Å². The highest BCUT2D eigenvalue weighted by molar-refractivity contribution is 7.86. The van der Waals surface area contributed by atoms with Crippen LogP contribution in [0.25, 0.3) is 0 Å². The molecule has 1 aliphatic heterocycles. The minimum absolute atomic E-state index is 0.0579. The molecule has 0 radical (unpaired) electrons. The Kier molecular flexibility index (Phi) is 7.35. The SMILES string of the molecule is COc1ccc(OCCN2CCCC2COS(=O)(=O)c2ccccc2)cc1OC. The van der Waals surface area contributed by atoms with Crippen LogP contribution in [-0.4, -0.2) is 59.9 Å². The van der Waals surface area contributed by atoms with Crippen LogP contribution in [0.2, 0.25) is 0 Å². The molecule has 8 heteroatoms. The van der Waals surface area contributed by atoms with E-state index in [1.54, 1.807) is 56.7 Å². The molecular formula is C21H27NO6S. The number of ether oxygens (including phenoxy) is 3. The van der Waals surface area contributed by atoms with Gasteiger partial charge < -0.3 is 14.2 Å². The number of benzene rings is 2. The van der Waals surface area contributed by atoms with Crippen LogP contribution in [0.5, 0.6) is 17.2 Å². The Labute approximate surface area is 172 Å². The number of hydrogen-bond acceptors (Lipinski definition) is 7. The number of likely N-dealkylation sites (tertiary alicyclic amines) is 1. The highest BCUT2D eigenvalue weighted by Crippen LogP contribution is 2.31. The average molecular weight is 422 g/mol. The van der Waals surface area contributed by atoms with Gasteiger partial charge in [0.25, 0.3) is 10.1 Å². The number of methoxy groups -OCH3 is 2. The van der Waals surface area contributed by atoms with Crippen molar-refractivity contribution in [2.45, 2.75) is 23.8 Å². The molecule has 0 aliphatic carbocycles. The van der Waals surface area contributed by atoms with Gasteiger partial charge >= 0.3 is 0 Å². The van der Waals surface area contributed by atoms with Crippen molar-refractivity contribution in [3.8, 4) is 17.2 Å². The van der Waals surface area contributed by atoms with Crippen molar-refractivity contribution in [3.05, 3.63) is 48.5 Å². The second-order valence-electron chi connectivity index (χ2n) is 6.75. The topological polar surface area (TPSA) is 74.3 Å². The summed E-state index contributed by atoms with van der Waals surface area (Å²) in [5.74, 6) is 1.96. The fraction of sp³-hybridized carbons (Fsp3) is 0.429. The molecule has 7 nitrogen and oxygen atoms in total. The van der Waals surface area contributed by atoms with Crippen molar-refractivity contribution >= 4 is 10.1 Å². The monoisotopic (exact) mass is 421 g/mol. The third-order valence-electron chi connectivity index (χ3n) is 4.95. The van der Waals surface area contributed by atoms with Crippen LogP contribution >= 0.6 is 0 Å². The normalized spacial score (nSPS) is 17.2. The van der Waals surface area contributed by atoms with Crippen LogP contribution in [0.4, 0.5) is 0 Å². The summed E-state index contributed by atoms with van der Waals surface area (Å²) in [5, 5.41) is 0. The van der Waals surface area contributed by atoms with Gasteiger partial charge in [-0.1, -0.05) is 18.2 Å². The van der Waals surface area contributed by atoms with Gasteiger partial charge in [0.15, 0.2) is 11.5 Å². The Bertz CT molecular complexity index is 887. The van der Waals surface area contributed by atoms with E-state index in [1.165, 1.54) is 0 Å². The van der Waals surface area contributed by atoms with E-state index < -0.39 is 10.1 Å². The second kappa shape index (κ2) is 9.96. The summed E-state index contributed by atoms with van der Waals surface area (Å²) in [6, 6.07) is 13.7. The van der Waals surface area contributed by atoms with Crippen molar-refractivity contribution in [3.63, 3.8) is 0 Å².